The number of halogens is 3. The van der Waals surface area contributed by atoms with Crippen LogP contribution in [0.1, 0.15) is 12.0 Å². The molecular formula is C14H11ClF2N6O. The van der Waals surface area contributed by atoms with Gasteiger partial charge in [0, 0.05) is 11.8 Å². The van der Waals surface area contributed by atoms with Crippen LogP contribution < -0.4 is 16.2 Å². The Morgan fingerprint density at radius 2 is 2.04 bits per heavy atom. The van der Waals surface area contributed by atoms with Gasteiger partial charge in [0.1, 0.15) is 0 Å². The fraction of sp³-hybridized carbons (Fsp3) is 0.0714. The highest BCUT2D eigenvalue weighted by Gasteiger charge is 2.15. The maximum Gasteiger partial charge on any atom is 0.337 e. The topological polar surface area (TPSA) is 83.4 Å². The largest absolute Gasteiger partial charge is 0.337 e. The summed E-state index contributed by atoms with van der Waals surface area (Å²) < 4.78 is 27.1. The van der Waals surface area contributed by atoms with Crippen LogP contribution >= 0.6 is 11.6 Å². The van der Waals surface area contributed by atoms with E-state index in [-0.39, 0.29) is 22.2 Å². The molecule has 0 atom stereocenters. The predicted octanol–water partition coefficient (Wildman–Crippen LogP) is 3.47. The number of carbonyl (C=O) groups excluding carboxylic acids is 1. The van der Waals surface area contributed by atoms with E-state index in [4.69, 9.17) is 11.6 Å². The van der Waals surface area contributed by atoms with Crippen LogP contribution in [-0.4, -0.2) is 20.6 Å². The number of amides is 2. The zero-order chi connectivity index (χ0) is 17.1. The van der Waals surface area contributed by atoms with Gasteiger partial charge in [-0.3, -0.25) is 5.43 Å². The molecule has 0 radical (unpaired) electrons. The van der Waals surface area contributed by atoms with E-state index in [9.17, 15) is 13.6 Å². The minimum absolute atomic E-state index is 0.0664. The number of carbonyl (C=O) groups is 1. The highest BCUT2D eigenvalue weighted by molar-refractivity contribution is 6.34. The molecule has 2 heterocycles. The average Bonchev–Trinajstić information content (AvgIpc) is 2.97. The Labute approximate surface area is 139 Å². The van der Waals surface area contributed by atoms with E-state index in [2.05, 4.69) is 26.3 Å². The molecule has 10 heteroatoms. The molecule has 3 N–H and O–H groups in total. The molecule has 2 amide bonds. The van der Waals surface area contributed by atoms with E-state index in [0.717, 1.165) is 0 Å². The second-order valence-corrected chi connectivity index (χ2v) is 5.03. The number of alkyl halides is 2. The number of pyridine rings is 1. The highest BCUT2D eigenvalue weighted by atomic mass is 35.5. The number of nitrogens with one attached hydrogen (secondary N) is 3. The van der Waals surface area contributed by atoms with Gasteiger partial charge in [-0.15, -0.1) is 5.10 Å². The van der Waals surface area contributed by atoms with Crippen LogP contribution in [0.25, 0.3) is 5.65 Å². The molecule has 3 aromatic rings. The number of fused-ring (bicyclic) bond motifs is 1. The SMILES string of the molecule is O=C(NNc1nc2ccccn2n1)Nc1cccc(C(F)F)c1Cl. The van der Waals surface area contributed by atoms with Crippen LogP contribution in [0.4, 0.5) is 25.2 Å². The van der Waals surface area contributed by atoms with Crippen LogP contribution in [-0.2, 0) is 0 Å². The maximum absolute atomic E-state index is 12.8. The first-order valence-electron chi connectivity index (χ1n) is 6.75. The van der Waals surface area contributed by atoms with Gasteiger partial charge in [0.05, 0.1) is 10.7 Å². The van der Waals surface area contributed by atoms with E-state index in [1.165, 1.54) is 22.7 Å². The third-order valence-corrected chi connectivity index (χ3v) is 3.46. The molecule has 3 rings (SSSR count). The van der Waals surface area contributed by atoms with Gasteiger partial charge in [-0.2, -0.15) is 4.98 Å². The number of rotatable bonds is 4. The van der Waals surface area contributed by atoms with Gasteiger partial charge in [0.15, 0.2) is 5.65 Å². The van der Waals surface area contributed by atoms with Crippen molar-refractivity contribution in [3.63, 3.8) is 0 Å². The summed E-state index contributed by atoms with van der Waals surface area (Å²) >= 11 is 5.85. The molecule has 124 valence electrons. The van der Waals surface area contributed by atoms with Crippen molar-refractivity contribution in [1.29, 1.82) is 0 Å². The van der Waals surface area contributed by atoms with Crippen LogP contribution in [0.3, 0.4) is 0 Å². The van der Waals surface area contributed by atoms with Crippen LogP contribution in [0.2, 0.25) is 5.02 Å². The van der Waals surface area contributed by atoms with Crippen molar-refractivity contribution in [1.82, 2.24) is 20.0 Å². The van der Waals surface area contributed by atoms with E-state index in [1.807, 2.05) is 0 Å². The molecule has 2 aromatic heterocycles. The van der Waals surface area contributed by atoms with E-state index < -0.39 is 12.5 Å². The lowest BCUT2D eigenvalue weighted by atomic mass is 10.2. The first-order valence-corrected chi connectivity index (χ1v) is 7.13. The van der Waals surface area contributed by atoms with Gasteiger partial charge in [-0.1, -0.05) is 29.8 Å². The Kier molecular flexibility index (Phi) is 4.43. The molecule has 1 aromatic carbocycles. The van der Waals surface area contributed by atoms with Crippen molar-refractivity contribution in [3.05, 3.63) is 53.2 Å². The third kappa shape index (κ3) is 3.35. The first-order chi connectivity index (χ1) is 11.5. The first kappa shape index (κ1) is 15.9. The van der Waals surface area contributed by atoms with Crippen molar-refractivity contribution >= 4 is 34.9 Å². The van der Waals surface area contributed by atoms with Gasteiger partial charge < -0.3 is 5.32 Å². The highest BCUT2D eigenvalue weighted by Crippen LogP contribution is 2.32. The summed E-state index contributed by atoms with van der Waals surface area (Å²) in [5.41, 5.74) is 5.12. The lowest BCUT2D eigenvalue weighted by Crippen LogP contribution is -2.34. The van der Waals surface area contributed by atoms with E-state index in [0.29, 0.717) is 5.65 Å². The number of benzene rings is 1. The molecule has 0 saturated heterocycles. The number of anilines is 2. The fourth-order valence-corrected chi connectivity index (χ4v) is 2.22. The van der Waals surface area contributed by atoms with Crippen molar-refractivity contribution in [2.24, 2.45) is 0 Å². The minimum atomic E-state index is -2.73. The summed E-state index contributed by atoms with van der Waals surface area (Å²) in [5, 5.41) is 6.23. The normalized spacial score (nSPS) is 10.8. The summed E-state index contributed by atoms with van der Waals surface area (Å²) in [7, 11) is 0. The number of hydrazine groups is 1. The smallest absolute Gasteiger partial charge is 0.305 e. The van der Waals surface area contributed by atoms with E-state index >= 15 is 0 Å². The number of hydrogen-bond acceptors (Lipinski definition) is 4. The quantitative estimate of drug-likeness (QED) is 0.628. The summed E-state index contributed by atoms with van der Waals surface area (Å²) in [6.45, 7) is 0. The van der Waals surface area contributed by atoms with Crippen LogP contribution in [0, 0.1) is 0 Å². The van der Waals surface area contributed by atoms with Gasteiger partial charge in [0.25, 0.3) is 12.4 Å². The monoisotopic (exact) mass is 352 g/mol. The van der Waals surface area contributed by atoms with E-state index in [1.54, 1.807) is 24.4 Å². The molecule has 0 aliphatic carbocycles. The number of hydrogen-bond donors (Lipinski definition) is 3. The summed E-state index contributed by atoms with van der Waals surface area (Å²) in [6, 6.07) is 8.59. The van der Waals surface area contributed by atoms with Crippen molar-refractivity contribution < 1.29 is 13.6 Å². The molecule has 0 aliphatic heterocycles. The second-order valence-electron chi connectivity index (χ2n) is 4.65. The summed E-state index contributed by atoms with van der Waals surface area (Å²) in [5.74, 6) is 0.170. The molecule has 0 fully saturated rings. The Bertz CT molecular complexity index is 852. The zero-order valence-electron chi connectivity index (χ0n) is 12.0. The van der Waals surface area contributed by atoms with Crippen LogP contribution in [0.15, 0.2) is 42.6 Å². The number of nitrogens with zero attached hydrogens (tertiary/aromatic N) is 3. The standard InChI is InChI=1S/C14H11ClF2N6O/c15-11-8(12(16)17)4-3-5-9(11)18-14(24)21-20-13-19-10-6-1-2-7-23(10)22-13/h1-7,12H,(H,20,22)(H2,18,21,24). The molecule has 0 aliphatic rings. The molecule has 7 nitrogen and oxygen atoms in total. The molecule has 0 unspecified atom stereocenters. The molecule has 0 spiro atoms. The average molecular weight is 353 g/mol. The fourth-order valence-electron chi connectivity index (χ4n) is 1.97. The number of urea groups is 1. The predicted molar refractivity (Wildman–Crippen MR) is 85.2 cm³/mol. The lowest BCUT2D eigenvalue weighted by molar-refractivity contribution is 0.151. The Morgan fingerprint density at radius 3 is 2.79 bits per heavy atom. The van der Waals surface area contributed by atoms with Crippen molar-refractivity contribution in [2.45, 2.75) is 6.43 Å². The van der Waals surface area contributed by atoms with Gasteiger partial charge in [-0.25, -0.2) is 23.5 Å². The van der Waals surface area contributed by atoms with Gasteiger partial charge >= 0.3 is 6.03 Å². The Balaban J connectivity index is 1.64. The summed E-state index contributed by atoms with van der Waals surface area (Å²) in [6.07, 6.45) is -1.04. The molecule has 0 bridgehead atoms. The zero-order valence-corrected chi connectivity index (χ0v) is 12.8. The molecule has 0 saturated carbocycles. The van der Waals surface area contributed by atoms with Crippen LogP contribution in [0.5, 0.6) is 0 Å². The van der Waals surface area contributed by atoms with Gasteiger partial charge in [0.2, 0.25) is 0 Å². The summed E-state index contributed by atoms with van der Waals surface area (Å²) in [4.78, 5) is 16.0. The molecular weight excluding hydrogens is 342 g/mol. The lowest BCUT2D eigenvalue weighted by Gasteiger charge is -2.11. The Hall–Kier alpha value is -2.94. The second kappa shape index (κ2) is 6.67. The third-order valence-electron chi connectivity index (χ3n) is 3.04. The van der Waals surface area contributed by atoms with Gasteiger partial charge in [-0.05, 0) is 18.2 Å². The van der Waals surface area contributed by atoms with Crippen molar-refractivity contribution in [2.75, 3.05) is 10.7 Å². The molecule has 24 heavy (non-hydrogen) atoms. The maximum atomic E-state index is 12.8. The van der Waals surface area contributed by atoms with Crippen molar-refractivity contribution in [3.8, 4) is 0 Å². The Morgan fingerprint density at radius 1 is 1.21 bits per heavy atom. The number of aromatic nitrogens is 3. The minimum Gasteiger partial charge on any atom is -0.305 e.